The lowest BCUT2D eigenvalue weighted by atomic mass is 10.1. The Hall–Kier alpha value is -1.88. The van der Waals surface area contributed by atoms with Gasteiger partial charge in [0.05, 0.1) is 17.7 Å². The number of anilines is 1. The maximum atomic E-state index is 12.0. The molecule has 2 heterocycles. The Morgan fingerprint density at radius 3 is 3.28 bits per heavy atom. The zero-order chi connectivity index (χ0) is 12.4. The number of nitrogens with one attached hydrogen (secondary N) is 2. The van der Waals surface area contributed by atoms with Gasteiger partial charge in [0.2, 0.25) is 0 Å². The molecule has 0 radical (unpaired) electrons. The highest BCUT2D eigenvalue weighted by molar-refractivity contribution is 7.07. The zero-order valence-electron chi connectivity index (χ0n) is 9.77. The summed E-state index contributed by atoms with van der Waals surface area (Å²) in [6.07, 6.45) is 0.989. The highest BCUT2D eigenvalue weighted by atomic mass is 32.1. The van der Waals surface area contributed by atoms with Crippen molar-refractivity contribution in [3.05, 3.63) is 45.9 Å². The van der Waals surface area contributed by atoms with Gasteiger partial charge in [-0.25, -0.2) is 4.98 Å². The molecule has 3 rings (SSSR count). The van der Waals surface area contributed by atoms with Gasteiger partial charge in [-0.1, -0.05) is 0 Å². The first-order valence-electron chi connectivity index (χ1n) is 5.85. The molecule has 18 heavy (non-hydrogen) atoms. The van der Waals surface area contributed by atoms with Crippen molar-refractivity contribution in [2.75, 3.05) is 11.9 Å². The summed E-state index contributed by atoms with van der Waals surface area (Å²) in [6.45, 7) is 1.44. The second-order valence-electron chi connectivity index (χ2n) is 4.21. The van der Waals surface area contributed by atoms with Crippen molar-refractivity contribution >= 4 is 22.9 Å². The number of hydrogen-bond acceptors (Lipinski definition) is 4. The summed E-state index contributed by atoms with van der Waals surface area (Å²) in [7, 11) is 0. The average Bonchev–Trinajstić information content (AvgIpc) is 3.05. The van der Waals surface area contributed by atoms with Gasteiger partial charge in [0.1, 0.15) is 0 Å². The SMILES string of the molecule is O=C(NCc1cscn1)c1ccc2c(c1)CCN2. The minimum atomic E-state index is -0.0438. The van der Waals surface area contributed by atoms with Crippen LogP contribution in [0.4, 0.5) is 5.69 Å². The molecule has 0 saturated heterocycles. The van der Waals surface area contributed by atoms with Crippen molar-refractivity contribution in [1.29, 1.82) is 0 Å². The topological polar surface area (TPSA) is 54.0 Å². The van der Waals surface area contributed by atoms with Crippen LogP contribution in [0.15, 0.2) is 29.1 Å². The van der Waals surface area contributed by atoms with Crippen molar-refractivity contribution in [2.24, 2.45) is 0 Å². The summed E-state index contributed by atoms with van der Waals surface area (Å²) in [6, 6.07) is 5.79. The van der Waals surface area contributed by atoms with E-state index in [2.05, 4.69) is 15.6 Å². The molecule has 0 saturated carbocycles. The van der Waals surface area contributed by atoms with E-state index in [1.54, 1.807) is 5.51 Å². The van der Waals surface area contributed by atoms with Gasteiger partial charge in [-0.2, -0.15) is 0 Å². The number of rotatable bonds is 3. The monoisotopic (exact) mass is 259 g/mol. The summed E-state index contributed by atoms with van der Waals surface area (Å²) in [5.74, 6) is -0.0438. The summed E-state index contributed by atoms with van der Waals surface area (Å²) >= 11 is 1.53. The van der Waals surface area contributed by atoms with Gasteiger partial charge in [-0.15, -0.1) is 11.3 Å². The Kier molecular flexibility index (Phi) is 2.98. The second kappa shape index (κ2) is 4.78. The van der Waals surface area contributed by atoms with Crippen LogP contribution in [0.3, 0.4) is 0 Å². The Morgan fingerprint density at radius 1 is 1.50 bits per heavy atom. The Bertz CT molecular complexity index is 566. The third-order valence-electron chi connectivity index (χ3n) is 2.99. The largest absolute Gasteiger partial charge is 0.384 e. The first kappa shape index (κ1) is 11.2. The molecule has 0 spiro atoms. The molecule has 1 aliphatic heterocycles. The molecule has 2 N–H and O–H groups in total. The van der Waals surface area contributed by atoms with Gasteiger partial charge in [0, 0.05) is 23.2 Å². The van der Waals surface area contributed by atoms with Crippen LogP contribution >= 0.6 is 11.3 Å². The van der Waals surface area contributed by atoms with Gasteiger partial charge in [-0.3, -0.25) is 4.79 Å². The Balaban J connectivity index is 1.69. The quantitative estimate of drug-likeness (QED) is 0.887. The predicted octanol–water partition coefficient (Wildman–Crippen LogP) is 2.04. The van der Waals surface area contributed by atoms with Crippen LogP contribution in [0.5, 0.6) is 0 Å². The van der Waals surface area contributed by atoms with E-state index in [1.165, 1.54) is 16.9 Å². The van der Waals surface area contributed by atoms with E-state index < -0.39 is 0 Å². The minimum Gasteiger partial charge on any atom is -0.384 e. The van der Waals surface area contributed by atoms with Crippen LogP contribution in [0.1, 0.15) is 21.6 Å². The fourth-order valence-corrected chi connectivity index (χ4v) is 2.60. The molecule has 0 unspecified atom stereocenters. The molecular formula is C13H13N3OS. The van der Waals surface area contributed by atoms with Crippen LogP contribution < -0.4 is 10.6 Å². The molecule has 0 atom stereocenters. The standard InChI is InChI=1S/C13H13N3OS/c17-13(15-6-11-7-18-8-16-11)10-1-2-12-9(5-10)3-4-14-12/h1-2,5,7-8,14H,3-4,6H2,(H,15,17). The number of hydrogen-bond donors (Lipinski definition) is 2. The molecule has 1 aromatic heterocycles. The van der Waals surface area contributed by atoms with E-state index in [4.69, 9.17) is 0 Å². The van der Waals surface area contributed by atoms with Crippen LogP contribution in [-0.4, -0.2) is 17.4 Å². The van der Waals surface area contributed by atoms with Crippen molar-refractivity contribution < 1.29 is 4.79 Å². The Morgan fingerprint density at radius 2 is 2.44 bits per heavy atom. The first-order valence-corrected chi connectivity index (χ1v) is 6.79. The van der Waals surface area contributed by atoms with Crippen LogP contribution in [-0.2, 0) is 13.0 Å². The molecule has 1 aliphatic rings. The highest BCUT2D eigenvalue weighted by Gasteiger charge is 2.13. The lowest BCUT2D eigenvalue weighted by molar-refractivity contribution is 0.0950. The molecule has 1 amide bonds. The molecule has 5 heteroatoms. The second-order valence-corrected chi connectivity index (χ2v) is 4.93. The normalized spacial score (nSPS) is 12.9. The van der Waals surface area contributed by atoms with E-state index in [0.717, 1.165) is 24.3 Å². The van der Waals surface area contributed by atoms with Crippen molar-refractivity contribution in [2.45, 2.75) is 13.0 Å². The lowest BCUT2D eigenvalue weighted by Gasteiger charge is -2.05. The third kappa shape index (κ3) is 2.22. The number of aromatic nitrogens is 1. The van der Waals surface area contributed by atoms with Crippen LogP contribution in [0.25, 0.3) is 0 Å². The number of carbonyl (C=O) groups excluding carboxylic acids is 1. The highest BCUT2D eigenvalue weighted by Crippen LogP contribution is 2.22. The van der Waals surface area contributed by atoms with Crippen molar-refractivity contribution in [1.82, 2.24) is 10.3 Å². The number of amides is 1. The van der Waals surface area contributed by atoms with Crippen LogP contribution in [0, 0.1) is 0 Å². The van der Waals surface area contributed by atoms with E-state index in [0.29, 0.717) is 12.1 Å². The number of carbonyl (C=O) groups is 1. The van der Waals surface area contributed by atoms with E-state index in [9.17, 15) is 4.79 Å². The zero-order valence-corrected chi connectivity index (χ0v) is 10.6. The summed E-state index contributed by atoms with van der Waals surface area (Å²) in [5.41, 5.74) is 5.74. The van der Waals surface area contributed by atoms with Gasteiger partial charge in [0.25, 0.3) is 5.91 Å². The molecular weight excluding hydrogens is 246 g/mol. The molecule has 4 nitrogen and oxygen atoms in total. The molecule has 1 aromatic carbocycles. The molecule has 2 aromatic rings. The number of nitrogens with zero attached hydrogens (tertiary/aromatic N) is 1. The van der Waals surface area contributed by atoms with E-state index >= 15 is 0 Å². The van der Waals surface area contributed by atoms with Gasteiger partial charge < -0.3 is 10.6 Å². The third-order valence-corrected chi connectivity index (χ3v) is 3.63. The fraction of sp³-hybridized carbons (Fsp3) is 0.231. The van der Waals surface area contributed by atoms with Crippen molar-refractivity contribution in [3.63, 3.8) is 0 Å². The van der Waals surface area contributed by atoms with Crippen molar-refractivity contribution in [3.8, 4) is 0 Å². The maximum Gasteiger partial charge on any atom is 0.251 e. The number of fused-ring (bicyclic) bond motifs is 1. The molecule has 92 valence electrons. The van der Waals surface area contributed by atoms with E-state index in [1.807, 2.05) is 23.6 Å². The Labute approximate surface area is 109 Å². The predicted molar refractivity (Wildman–Crippen MR) is 71.9 cm³/mol. The van der Waals surface area contributed by atoms with Gasteiger partial charge >= 0.3 is 0 Å². The van der Waals surface area contributed by atoms with Gasteiger partial charge in [-0.05, 0) is 30.2 Å². The molecule has 0 aliphatic carbocycles. The number of thiazole rings is 1. The lowest BCUT2D eigenvalue weighted by Crippen LogP contribution is -2.22. The summed E-state index contributed by atoms with van der Waals surface area (Å²) < 4.78 is 0. The average molecular weight is 259 g/mol. The molecule has 0 fully saturated rings. The maximum absolute atomic E-state index is 12.0. The van der Waals surface area contributed by atoms with E-state index in [-0.39, 0.29) is 5.91 Å². The van der Waals surface area contributed by atoms with Crippen LogP contribution in [0.2, 0.25) is 0 Å². The molecule has 0 bridgehead atoms. The summed E-state index contributed by atoms with van der Waals surface area (Å²) in [5, 5.41) is 8.10. The smallest absolute Gasteiger partial charge is 0.251 e. The van der Waals surface area contributed by atoms with Gasteiger partial charge in [0.15, 0.2) is 0 Å². The number of benzene rings is 1. The minimum absolute atomic E-state index is 0.0438. The fourth-order valence-electron chi connectivity index (χ4n) is 2.04. The first-order chi connectivity index (χ1) is 8.83. The summed E-state index contributed by atoms with van der Waals surface area (Å²) in [4.78, 5) is 16.1.